The minimum atomic E-state index is -1.13. The van der Waals surface area contributed by atoms with Gasteiger partial charge < -0.3 is 10.1 Å². The number of carbonyl (C=O) groups is 1. The molecule has 1 aromatic rings. The van der Waals surface area contributed by atoms with Gasteiger partial charge in [-0.3, -0.25) is 4.79 Å². The van der Waals surface area contributed by atoms with Crippen LogP contribution in [-0.2, 0) is 9.53 Å². The Bertz CT molecular complexity index is 536. The van der Waals surface area contributed by atoms with Crippen LogP contribution in [0.25, 0.3) is 0 Å². The maximum Gasteiger partial charge on any atom is 0.245 e. The molecule has 1 N–H and O–H groups in total. The summed E-state index contributed by atoms with van der Waals surface area (Å²) >= 11 is 3.14. The van der Waals surface area contributed by atoms with Crippen molar-refractivity contribution in [2.24, 2.45) is 5.41 Å². The molecule has 2 rings (SSSR count). The Morgan fingerprint density at radius 1 is 1.47 bits per heavy atom. The third-order valence-electron chi connectivity index (χ3n) is 3.17. The molecule has 1 amide bonds. The molecule has 1 saturated heterocycles. The predicted molar refractivity (Wildman–Crippen MR) is 70.8 cm³/mol. The third-order valence-corrected chi connectivity index (χ3v) is 3.67. The van der Waals surface area contributed by atoms with Gasteiger partial charge in [0.15, 0.2) is 0 Å². The Labute approximate surface area is 118 Å². The molecule has 6 heteroatoms. The van der Waals surface area contributed by atoms with Crippen LogP contribution in [0.3, 0.4) is 0 Å². The lowest BCUT2D eigenvalue weighted by Crippen LogP contribution is -2.40. The Morgan fingerprint density at radius 3 is 2.74 bits per heavy atom. The molecule has 0 aliphatic carbocycles. The van der Waals surface area contributed by atoms with Crippen LogP contribution < -0.4 is 5.32 Å². The smallest absolute Gasteiger partial charge is 0.245 e. The van der Waals surface area contributed by atoms with Crippen molar-refractivity contribution in [3.8, 4) is 6.07 Å². The first-order valence-electron chi connectivity index (χ1n) is 5.83. The molecule has 0 spiro atoms. The van der Waals surface area contributed by atoms with Crippen molar-refractivity contribution < 1.29 is 13.9 Å². The molecule has 100 valence electrons. The van der Waals surface area contributed by atoms with E-state index in [4.69, 9.17) is 4.74 Å². The standard InChI is InChI=1S/C13H12BrFN2O2/c14-9-1-2-11(10(15)7-9)17-12(18)13(8-16)3-5-19-6-4-13/h1-2,7H,3-6H2,(H,17,18). The van der Waals surface area contributed by atoms with E-state index in [-0.39, 0.29) is 5.69 Å². The van der Waals surface area contributed by atoms with Gasteiger partial charge in [-0.15, -0.1) is 0 Å². The number of hydrogen-bond donors (Lipinski definition) is 1. The van der Waals surface area contributed by atoms with Gasteiger partial charge in [-0.05, 0) is 31.0 Å². The molecule has 1 aliphatic heterocycles. The zero-order chi connectivity index (χ0) is 13.9. The average Bonchev–Trinajstić information content (AvgIpc) is 2.42. The van der Waals surface area contributed by atoms with Gasteiger partial charge in [0.1, 0.15) is 11.2 Å². The number of carbonyl (C=O) groups excluding carboxylic acids is 1. The van der Waals surface area contributed by atoms with Crippen molar-refractivity contribution in [2.75, 3.05) is 18.5 Å². The van der Waals surface area contributed by atoms with E-state index >= 15 is 0 Å². The highest BCUT2D eigenvalue weighted by Crippen LogP contribution is 2.31. The van der Waals surface area contributed by atoms with Crippen LogP contribution >= 0.6 is 15.9 Å². The minimum absolute atomic E-state index is 0.0781. The molecule has 0 atom stereocenters. The molecular weight excluding hydrogens is 315 g/mol. The summed E-state index contributed by atoms with van der Waals surface area (Å²) in [5.41, 5.74) is -1.05. The third kappa shape index (κ3) is 2.94. The van der Waals surface area contributed by atoms with Crippen LogP contribution in [0, 0.1) is 22.6 Å². The minimum Gasteiger partial charge on any atom is -0.381 e. The van der Waals surface area contributed by atoms with Crippen LogP contribution in [0.2, 0.25) is 0 Å². The largest absolute Gasteiger partial charge is 0.381 e. The molecule has 1 fully saturated rings. The number of amides is 1. The molecular formula is C13H12BrFN2O2. The summed E-state index contributed by atoms with van der Waals surface area (Å²) in [6.07, 6.45) is 0.654. The fourth-order valence-electron chi connectivity index (χ4n) is 1.94. The van der Waals surface area contributed by atoms with Crippen LogP contribution in [0.1, 0.15) is 12.8 Å². The topological polar surface area (TPSA) is 62.1 Å². The van der Waals surface area contributed by atoms with Crippen LogP contribution in [-0.4, -0.2) is 19.1 Å². The van der Waals surface area contributed by atoms with Crippen LogP contribution in [0.15, 0.2) is 22.7 Å². The lowest BCUT2D eigenvalue weighted by molar-refractivity contribution is -0.126. The predicted octanol–water partition coefficient (Wildman–Crippen LogP) is 2.85. The molecule has 19 heavy (non-hydrogen) atoms. The number of ether oxygens (including phenoxy) is 1. The van der Waals surface area contributed by atoms with Gasteiger partial charge in [-0.1, -0.05) is 15.9 Å². The fraction of sp³-hybridized carbons (Fsp3) is 0.385. The monoisotopic (exact) mass is 326 g/mol. The molecule has 1 aliphatic rings. The summed E-state index contributed by atoms with van der Waals surface area (Å²) < 4.78 is 19.4. The molecule has 1 heterocycles. The van der Waals surface area contributed by atoms with E-state index in [0.717, 1.165) is 0 Å². The van der Waals surface area contributed by atoms with Gasteiger partial charge in [0.2, 0.25) is 5.91 Å². The lowest BCUT2D eigenvalue weighted by atomic mass is 9.81. The van der Waals surface area contributed by atoms with Crippen molar-refractivity contribution in [2.45, 2.75) is 12.8 Å². The average molecular weight is 327 g/mol. The Balaban J connectivity index is 2.18. The summed E-state index contributed by atoms with van der Waals surface area (Å²) in [4.78, 5) is 12.2. The van der Waals surface area contributed by atoms with Gasteiger partial charge in [-0.25, -0.2) is 4.39 Å². The second-order valence-corrected chi connectivity index (χ2v) is 5.30. The quantitative estimate of drug-likeness (QED) is 0.908. The number of benzene rings is 1. The zero-order valence-corrected chi connectivity index (χ0v) is 11.7. The van der Waals surface area contributed by atoms with E-state index in [1.807, 2.05) is 6.07 Å². The van der Waals surface area contributed by atoms with Gasteiger partial charge >= 0.3 is 0 Å². The van der Waals surface area contributed by atoms with Crippen LogP contribution in [0.4, 0.5) is 10.1 Å². The van der Waals surface area contributed by atoms with Crippen molar-refractivity contribution in [1.29, 1.82) is 5.26 Å². The second kappa shape index (κ2) is 5.68. The van der Waals surface area contributed by atoms with Gasteiger partial charge in [0, 0.05) is 17.7 Å². The molecule has 0 unspecified atom stereocenters. The summed E-state index contributed by atoms with van der Waals surface area (Å²) in [6.45, 7) is 0.730. The number of nitrogens with zero attached hydrogens (tertiary/aromatic N) is 1. The number of nitriles is 1. The molecule has 1 aromatic carbocycles. The van der Waals surface area contributed by atoms with E-state index in [0.29, 0.717) is 30.5 Å². The number of hydrogen-bond acceptors (Lipinski definition) is 3. The first-order valence-corrected chi connectivity index (χ1v) is 6.62. The summed E-state index contributed by atoms with van der Waals surface area (Å²) in [5, 5.41) is 11.7. The van der Waals surface area contributed by atoms with Gasteiger partial charge in [0.05, 0.1) is 11.8 Å². The molecule has 0 saturated carbocycles. The summed E-state index contributed by atoms with van der Waals surface area (Å²) in [5.74, 6) is -1.01. The van der Waals surface area contributed by atoms with E-state index < -0.39 is 17.1 Å². The van der Waals surface area contributed by atoms with Crippen LogP contribution in [0.5, 0.6) is 0 Å². The van der Waals surface area contributed by atoms with Gasteiger partial charge in [-0.2, -0.15) is 5.26 Å². The normalized spacial score (nSPS) is 17.5. The maximum atomic E-state index is 13.7. The first kappa shape index (κ1) is 14.0. The molecule has 0 radical (unpaired) electrons. The maximum absolute atomic E-state index is 13.7. The second-order valence-electron chi connectivity index (χ2n) is 4.38. The highest BCUT2D eigenvalue weighted by Gasteiger charge is 2.40. The lowest BCUT2D eigenvalue weighted by Gasteiger charge is -2.29. The summed E-state index contributed by atoms with van der Waals surface area (Å²) in [7, 11) is 0. The van der Waals surface area contributed by atoms with E-state index in [1.165, 1.54) is 12.1 Å². The summed E-state index contributed by atoms with van der Waals surface area (Å²) in [6, 6.07) is 6.39. The SMILES string of the molecule is N#CC1(C(=O)Nc2ccc(Br)cc2F)CCOCC1. The Hall–Kier alpha value is -1.45. The highest BCUT2D eigenvalue weighted by molar-refractivity contribution is 9.10. The van der Waals surface area contributed by atoms with E-state index in [2.05, 4.69) is 21.2 Å². The van der Waals surface area contributed by atoms with Gasteiger partial charge in [0.25, 0.3) is 0 Å². The number of anilines is 1. The van der Waals surface area contributed by atoms with E-state index in [9.17, 15) is 14.4 Å². The van der Waals surface area contributed by atoms with E-state index in [1.54, 1.807) is 6.07 Å². The Morgan fingerprint density at radius 2 is 2.16 bits per heavy atom. The zero-order valence-electron chi connectivity index (χ0n) is 10.1. The van der Waals surface area contributed by atoms with Crippen molar-refractivity contribution in [3.05, 3.63) is 28.5 Å². The molecule has 0 aromatic heterocycles. The highest BCUT2D eigenvalue weighted by atomic mass is 79.9. The first-order chi connectivity index (χ1) is 9.07. The molecule has 0 bridgehead atoms. The van der Waals surface area contributed by atoms with Crippen molar-refractivity contribution in [3.63, 3.8) is 0 Å². The Kier molecular flexibility index (Phi) is 4.17. The number of halogens is 2. The number of rotatable bonds is 2. The van der Waals surface area contributed by atoms with Crippen molar-refractivity contribution >= 4 is 27.5 Å². The van der Waals surface area contributed by atoms with Crippen molar-refractivity contribution in [1.82, 2.24) is 0 Å². The number of nitrogens with one attached hydrogen (secondary N) is 1. The fourth-order valence-corrected chi connectivity index (χ4v) is 2.28. The molecule has 4 nitrogen and oxygen atoms in total.